The van der Waals surface area contributed by atoms with E-state index < -0.39 is 6.04 Å². The maximum Gasteiger partial charge on any atom is 0.258 e. The summed E-state index contributed by atoms with van der Waals surface area (Å²) in [6.07, 6.45) is 4.42. The van der Waals surface area contributed by atoms with Gasteiger partial charge < -0.3 is 15.0 Å². The molecule has 170 valence electrons. The van der Waals surface area contributed by atoms with E-state index >= 15 is 0 Å². The van der Waals surface area contributed by atoms with E-state index in [4.69, 9.17) is 4.74 Å². The lowest BCUT2D eigenvalue weighted by atomic mass is 9.87. The average molecular weight is 448 g/mol. The summed E-state index contributed by atoms with van der Waals surface area (Å²) >= 11 is 0. The molecular weight excluding hydrogens is 421 g/mol. The third-order valence-corrected chi connectivity index (χ3v) is 5.74. The van der Waals surface area contributed by atoms with Crippen molar-refractivity contribution in [3.8, 4) is 5.75 Å². The third kappa shape index (κ3) is 5.37. The fourth-order valence-corrected chi connectivity index (χ4v) is 4.09. The Bertz CT molecular complexity index is 1140. The number of hydrogen-bond donors (Lipinski definition) is 1. The van der Waals surface area contributed by atoms with Crippen LogP contribution in [-0.2, 0) is 22.6 Å². The number of halogens is 1. The van der Waals surface area contributed by atoms with E-state index in [1.807, 2.05) is 43.3 Å². The Labute approximate surface area is 192 Å². The van der Waals surface area contributed by atoms with Crippen LogP contribution in [0.5, 0.6) is 5.75 Å². The molecule has 0 bridgehead atoms. The van der Waals surface area contributed by atoms with Crippen LogP contribution in [0, 0.1) is 5.82 Å². The molecule has 1 aliphatic rings. The van der Waals surface area contributed by atoms with Crippen molar-refractivity contribution in [2.45, 2.75) is 32.4 Å². The summed E-state index contributed by atoms with van der Waals surface area (Å²) in [6.45, 7) is 2.65. The van der Waals surface area contributed by atoms with Gasteiger partial charge in [-0.3, -0.25) is 14.6 Å². The highest BCUT2D eigenvalue weighted by atomic mass is 19.1. The minimum atomic E-state index is -0.402. The van der Waals surface area contributed by atoms with Crippen molar-refractivity contribution in [2.75, 3.05) is 13.2 Å². The van der Waals surface area contributed by atoms with E-state index in [9.17, 15) is 14.0 Å². The molecule has 0 fully saturated rings. The molecule has 0 aliphatic carbocycles. The van der Waals surface area contributed by atoms with Gasteiger partial charge in [0.05, 0.1) is 6.04 Å². The number of carbonyl (C=O) groups is 2. The standard InChI is InChI=1S/C26H26FN3O3/c1-2-25(32)30-13-10-19-6-7-22(15-23(19)26(30)20-4-3-5-21(27)14-20)33-17-24(31)29-16-18-8-11-28-12-9-18/h3-9,11-12,14-15,26H,2,10,13,16-17H2,1H3,(H,29,31). The van der Waals surface area contributed by atoms with Crippen molar-refractivity contribution in [3.63, 3.8) is 0 Å². The van der Waals surface area contributed by atoms with Crippen molar-refractivity contribution in [1.29, 1.82) is 0 Å². The fraction of sp³-hybridized carbons (Fsp3) is 0.269. The van der Waals surface area contributed by atoms with E-state index in [1.54, 1.807) is 23.4 Å². The van der Waals surface area contributed by atoms with E-state index in [0.29, 0.717) is 37.2 Å². The van der Waals surface area contributed by atoms with Gasteiger partial charge in [-0.2, -0.15) is 0 Å². The van der Waals surface area contributed by atoms with Gasteiger partial charge in [-0.15, -0.1) is 0 Å². The number of fused-ring (bicyclic) bond motifs is 1. The molecular formula is C26H26FN3O3. The molecule has 2 heterocycles. The van der Waals surface area contributed by atoms with Crippen LogP contribution in [0.1, 0.15) is 41.6 Å². The highest BCUT2D eigenvalue weighted by Crippen LogP contribution is 2.37. The van der Waals surface area contributed by atoms with Gasteiger partial charge in [0.15, 0.2) is 6.61 Å². The molecule has 2 aromatic carbocycles. The first-order valence-corrected chi connectivity index (χ1v) is 11.0. The van der Waals surface area contributed by atoms with E-state index in [1.165, 1.54) is 12.1 Å². The summed E-state index contributed by atoms with van der Waals surface area (Å²) in [7, 11) is 0. The summed E-state index contributed by atoms with van der Waals surface area (Å²) < 4.78 is 19.8. The molecule has 0 radical (unpaired) electrons. The number of nitrogens with one attached hydrogen (secondary N) is 1. The Morgan fingerprint density at radius 2 is 1.97 bits per heavy atom. The van der Waals surface area contributed by atoms with Crippen LogP contribution in [0.4, 0.5) is 4.39 Å². The summed E-state index contributed by atoms with van der Waals surface area (Å²) in [6, 6.07) is 15.3. The zero-order chi connectivity index (χ0) is 23.2. The number of carbonyl (C=O) groups excluding carboxylic acids is 2. The molecule has 3 aromatic rings. The van der Waals surface area contributed by atoms with Crippen LogP contribution in [-0.4, -0.2) is 34.8 Å². The van der Waals surface area contributed by atoms with Crippen LogP contribution < -0.4 is 10.1 Å². The molecule has 1 atom stereocenters. The van der Waals surface area contributed by atoms with Gasteiger partial charge >= 0.3 is 0 Å². The Kier molecular flexibility index (Phi) is 6.98. The van der Waals surface area contributed by atoms with Gasteiger partial charge in [-0.25, -0.2) is 4.39 Å². The molecule has 0 saturated carbocycles. The zero-order valence-electron chi connectivity index (χ0n) is 18.5. The maximum atomic E-state index is 14.0. The maximum absolute atomic E-state index is 14.0. The van der Waals surface area contributed by atoms with Gasteiger partial charge in [0.1, 0.15) is 11.6 Å². The smallest absolute Gasteiger partial charge is 0.258 e. The number of hydrogen-bond acceptors (Lipinski definition) is 4. The van der Waals surface area contributed by atoms with Crippen LogP contribution >= 0.6 is 0 Å². The molecule has 2 amide bonds. The third-order valence-electron chi connectivity index (χ3n) is 5.74. The van der Waals surface area contributed by atoms with Crippen LogP contribution in [0.2, 0.25) is 0 Å². The van der Waals surface area contributed by atoms with Gasteiger partial charge in [-0.05, 0) is 65.1 Å². The monoisotopic (exact) mass is 447 g/mol. The Hall–Kier alpha value is -3.74. The lowest BCUT2D eigenvalue weighted by molar-refractivity contribution is -0.133. The molecule has 33 heavy (non-hydrogen) atoms. The van der Waals surface area contributed by atoms with Crippen molar-refractivity contribution >= 4 is 11.8 Å². The SMILES string of the molecule is CCC(=O)N1CCc2ccc(OCC(=O)NCc3ccncc3)cc2C1c1cccc(F)c1. The van der Waals surface area contributed by atoms with Crippen LogP contribution in [0.25, 0.3) is 0 Å². The van der Waals surface area contributed by atoms with Gasteiger partial charge in [0.25, 0.3) is 5.91 Å². The van der Waals surface area contributed by atoms with Gasteiger partial charge in [0, 0.05) is 31.9 Å². The second kappa shape index (κ2) is 10.3. The number of nitrogens with zero attached hydrogens (tertiary/aromatic N) is 2. The highest BCUT2D eigenvalue weighted by Gasteiger charge is 2.32. The number of benzene rings is 2. The topological polar surface area (TPSA) is 71.5 Å². The molecule has 0 spiro atoms. The number of amides is 2. The summed E-state index contributed by atoms with van der Waals surface area (Å²) in [4.78, 5) is 30.7. The fourth-order valence-electron chi connectivity index (χ4n) is 4.09. The number of rotatable bonds is 7. The molecule has 7 heteroatoms. The van der Waals surface area contributed by atoms with E-state index in [2.05, 4.69) is 10.3 Å². The first-order valence-electron chi connectivity index (χ1n) is 11.0. The molecule has 1 N–H and O–H groups in total. The predicted octanol–water partition coefficient (Wildman–Crippen LogP) is 3.80. The highest BCUT2D eigenvalue weighted by molar-refractivity contribution is 5.78. The minimum absolute atomic E-state index is 0.0109. The Balaban J connectivity index is 1.52. The predicted molar refractivity (Wildman–Crippen MR) is 122 cm³/mol. The van der Waals surface area contributed by atoms with Crippen LogP contribution in [0.3, 0.4) is 0 Å². The first kappa shape index (κ1) is 22.5. The molecule has 0 saturated heterocycles. The number of aromatic nitrogens is 1. The zero-order valence-corrected chi connectivity index (χ0v) is 18.5. The molecule has 1 unspecified atom stereocenters. The largest absolute Gasteiger partial charge is 0.484 e. The quantitative estimate of drug-likeness (QED) is 0.598. The van der Waals surface area contributed by atoms with Crippen molar-refractivity contribution in [1.82, 2.24) is 15.2 Å². The van der Waals surface area contributed by atoms with Crippen molar-refractivity contribution in [3.05, 3.63) is 95.1 Å². The molecule has 6 nitrogen and oxygen atoms in total. The lowest BCUT2D eigenvalue weighted by Gasteiger charge is -2.38. The first-order chi connectivity index (χ1) is 16.0. The van der Waals surface area contributed by atoms with E-state index in [0.717, 1.165) is 16.7 Å². The van der Waals surface area contributed by atoms with Crippen molar-refractivity contribution < 1.29 is 18.7 Å². The Morgan fingerprint density at radius 3 is 2.73 bits per heavy atom. The molecule has 1 aromatic heterocycles. The van der Waals surface area contributed by atoms with Crippen LogP contribution in [0.15, 0.2) is 67.0 Å². The van der Waals surface area contributed by atoms with E-state index in [-0.39, 0.29) is 24.2 Å². The summed E-state index contributed by atoms with van der Waals surface area (Å²) in [5.41, 5.74) is 3.64. The molecule has 4 rings (SSSR count). The average Bonchev–Trinajstić information content (AvgIpc) is 2.85. The summed E-state index contributed by atoms with van der Waals surface area (Å²) in [5, 5.41) is 2.82. The number of pyridine rings is 1. The summed E-state index contributed by atoms with van der Waals surface area (Å²) in [5.74, 6) is -0.0486. The van der Waals surface area contributed by atoms with Gasteiger partial charge in [-0.1, -0.05) is 25.1 Å². The minimum Gasteiger partial charge on any atom is -0.484 e. The number of ether oxygens (including phenoxy) is 1. The normalized spacial score (nSPS) is 15.0. The lowest BCUT2D eigenvalue weighted by Crippen LogP contribution is -2.40. The second-order valence-corrected chi connectivity index (χ2v) is 7.93. The molecule has 1 aliphatic heterocycles. The van der Waals surface area contributed by atoms with Crippen molar-refractivity contribution in [2.24, 2.45) is 0 Å². The Morgan fingerprint density at radius 1 is 1.15 bits per heavy atom. The van der Waals surface area contributed by atoms with Gasteiger partial charge in [0.2, 0.25) is 5.91 Å². The second-order valence-electron chi connectivity index (χ2n) is 7.93.